The van der Waals surface area contributed by atoms with Gasteiger partial charge in [-0.1, -0.05) is 0 Å². The second-order valence-electron chi connectivity index (χ2n) is 8.22. The second kappa shape index (κ2) is 10.5. The van der Waals surface area contributed by atoms with E-state index in [9.17, 15) is 13.2 Å². The van der Waals surface area contributed by atoms with Crippen molar-refractivity contribution in [3.05, 3.63) is 48.5 Å². The highest BCUT2D eigenvalue weighted by Gasteiger charge is 2.32. The summed E-state index contributed by atoms with van der Waals surface area (Å²) in [6, 6.07) is 14.3. The molecule has 0 saturated carbocycles. The Hall–Kier alpha value is -2.62. The zero-order chi connectivity index (χ0) is 23.3. The summed E-state index contributed by atoms with van der Waals surface area (Å²) in [6.45, 7) is 6.24. The van der Waals surface area contributed by atoms with Gasteiger partial charge in [-0.25, -0.2) is 8.42 Å². The average Bonchev–Trinajstić information content (AvgIpc) is 2.86. The number of ether oxygens (including phenoxy) is 2. The third-order valence-corrected chi connectivity index (χ3v) is 8.02. The molecule has 2 aromatic carbocycles. The summed E-state index contributed by atoms with van der Waals surface area (Å²) in [5, 5.41) is 2.98. The summed E-state index contributed by atoms with van der Waals surface area (Å²) in [5.41, 5.74) is 1.87. The van der Waals surface area contributed by atoms with Crippen LogP contribution in [0.5, 0.6) is 5.75 Å². The Morgan fingerprint density at radius 2 is 1.64 bits per heavy atom. The summed E-state index contributed by atoms with van der Waals surface area (Å²) in [7, 11) is -3.58. The number of carbonyl (C=O) groups excluding carboxylic acids is 1. The van der Waals surface area contributed by atoms with Crippen molar-refractivity contribution in [3.8, 4) is 5.75 Å². The molecule has 33 heavy (non-hydrogen) atoms. The average molecular weight is 474 g/mol. The van der Waals surface area contributed by atoms with Crippen LogP contribution in [0.2, 0.25) is 0 Å². The van der Waals surface area contributed by atoms with E-state index in [1.807, 2.05) is 31.2 Å². The number of morpholine rings is 1. The first kappa shape index (κ1) is 23.5. The molecule has 1 amide bonds. The van der Waals surface area contributed by atoms with Gasteiger partial charge in [0.1, 0.15) is 5.75 Å². The van der Waals surface area contributed by atoms with Gasteiger partial charge < -0.3 is 19.7 Å². The smallest absolute Gasteiger partial charge is 0.243 e. The predicted octanol–water partition coefficient (Wildman–Crippen LogP) is 2.96. The van der Waals surface area contributed by atoms with E-state index in [-0.39, 0.29) is 16.7 Å². The first-order chi connectivity index (χ1) is 16.0. The number of hydrogen-bond acceptors (Lipinski definition) is 6. The minimum absolute atomic E-state index is 0.0627. The van der Waals surface area contributed by atoms with E-state index in [1.165, 1.54) is 4.31 Å². The molecule has 2 aromatic rings. The lowest BCUT2D eigenvalue weighted by atomic mass is 9.97. The molecular formula is C24H31N3O5S. The molecule has 2 heterocycles. The van der Waals surface area contributed by atoms with Crippen molar-refractivity contribution < 1.29 is 22.7 Å². The lowest BCUT2D eigenvalue weighted by molar-refractivity contribution is -0.120. The zero-order valence-electron chi connectivity index (χ0n) is 18.9. The first-order valence-corrected chi connectivity index (χ1v) is 12.9. The maximum absolute atomic E-state index is 13.0. The highest BCUT2D eigenvalue weighted by atomic mass is 32.2. The van der Waals surface area contributed by atoms with Crippen molar-refractivity contribution in [2.24, 2.45) is 5.92 Å². The SMILES string of the molecule is CCOc1ccc(S(=O)(=O)N2CCC(C(=O)Nc3ccc(N4CCOCC4)cc3)CC2)cc1. The topological polar surface area (TPSA) is 88.2 Å². The third kappa shape index (κ3) is 5.66. The number of anilines is 2. The molecule has 1 N–H and O–H groups in total. The molecule has 2 aliphatic heterocycles. The van der Waals surface area contributed by atoms with Crippen LogP contribution in [0.4, 0.5) is 11.4 Å². The van der Waals surface area contributed by atoms with Crippen LogP contribution >= 0.6 is 0 Å². The van der Waals surface area contributed by atoms with E-state index >= 15 is 0 Å². The predicted molar refractivity (Wildman–Crippen MR) is 127 cm³/mol. The van der Waals surface area contributed by atoms with E-state index < -0.39 is 10.0 Å². The van der Waals surface area contributed by atoms with Gasteiger partial charge in [-0.3, -0.25) is 4.79 Å². The van der Waals surface area contributed by atoms with Crippen molar-refractivity contribution in [3.63, 3.8) is 0 Å². The van der Waals surface area contributed by atoms with Crippen LogP contribution in [-0.4, -0.2) is 64.6 Å². The molecule has 178 valence electrons. The fraction of sp³-hybridized carbons (Fsp3) is 0.458. The van der Waals surface area contributed by atoms with Crippen molar-refractivity contribution in [1.82, 2.24) is 4.31 Å². The fourth-order valence-corrected chi connectivity index (χ4v) is 5.67. The van der Waals surface area contributed by atoms with E-state index in [0.29, 0.717) is 38.3 Å². The molecule has 2 aliphatic rings. The first-order valence-electron chi connectivity index (χ1n) is 11.4. The van der Waals surface area contributed by atoms with E-state index in [1.54, 1.807) is 24.3 Å². The van der Waals surface area contributed by atoms with Crippen LogP contribution in [0.25, 0.3) is 0 Å². The molecule has 9 heteroatoms. The molecule has 0 aromatic heterocycles. The summed E-state index contributed by atoms with van der Waals surface area (Å²) in [5.74, 6) is 0.368. The molecule has 4 rings (SSSR count). The van der Waals surface area contributed by atoms with Crippen LogP contribution in [0, 0.1) is 5.92 Å². The van der Waals surface area contributed by atoms with Crippen LogP contribution in [0.15, 0.2) is 53.4 Å². The van der Waals surface area contributed by atoms with Gasteiger partial charge in [0.15, 0.2) is 0 Å². The quantitative estimate of drug-likeness (QED) is 0.665. The van der Waals surface area contributed by atoms with Crippen LogP contribution in [-0.2, 0) is 19.6 Å². The molecule has 2 fully saturated rings. The van der Waals surface area contributed by atoms with Crippen LogP contribution in [0.3, 0.4) is 0 Å². The number of benzene rings is 2. The number of carbonyl (C=O) groups is 1. The maximum Gasteiger partial charge on any atom is 0.243 e. The highest BCUT2D eigenvalue weighted by Crippen LogP contribution is 2.26. The molecular weight excluding hydrogens is 442 g/mol. The number of nitrogens with one attached hydrogen (secondary N) is 1. The van der Waals surface area contributed by atoms with Crippen molar-refractivity contribution >= 4 is 27.3 Å². The van der Waals surface area contributed by atoms with Crippen molar-refractivity contribution in [2.75, 3.05) is 56.2 Å². The summed E-state index contributed by atoms with van der Waals surface area (Å²) < 4.78 is 38.2. The minimum Gasteiger partial charge on any atom is -0.494 e. The van der Waals surface area contributed by atoms with Crippen molar-refractivity contribution in [1.29, 1.82) is 0 Å². The van der Waals surface area contributed by atoms with Crippen LogP contribution in [0.1, 0.15) is 19.8 Å². The summed E-state index contributed by atoms with van der Waals surface area (Å²) >= 11 is 0. The van der Waals surface area contributed by atoms with Gasteiger partial charge in [0.2, 0.25) is 15.9 Å². The number of rotatable bonds is 7. The zero-order valence-corrected chi connectivity index (χ0v) is 19.7. The van der Waals surface area contributed by atoms with Crippen LogP contribution < -0.4 is 15.0 Å². The Labute approximate surface area is 195 Å². The van der Waals surface area contributed by atoms with E-state index in [2.05, 4.69) is 10.2 Å². The Bertz CT molecular complexity index is 1030. The lowest BCUT2D eigenvalue weighted by Gasteiger charge is -2.30. The molecule has 0 bridgehead atoms. The lowest BCUT2D eigenvalue weighted by Crippen LogP contribution is -2.41. The Balaban J connectivity index is 1.30. The van der Waals surface area contributed by atoms with Gasteiger partial charge in [-0.05, 0) is 68.3 Å². The van der Waals surface area contributed by atoms with Gasteiger partial charge in [0.25, 0.3) is 0 Å². The molecule has 8 nitrogen and oxygen atoms in total. The van der Waals surface area contributed by atoms with Gasteiger partial charge in [-0.2, -0.15) is 4.31 Å². The number of piperidine rings is 1. The minimum atomic E-state index is -3.58. The molecule has 0 atom stereocenters. The Morgan fingerprint density at radius 3 is 2.24 bits per heavy atom. The van der Waals surface area contributed by atoms with Gasteiger partial charge >= 0.3 is 0 Å². The second-order valence-corrected chi connectivity index (χ2v) is 10.2. The largest absolute Gasteiger partial charge is 0.494 e. The Kier molecular flexibility index (Phi) is 7.52. The summed E-state index contributed by atoms with van der Waals surface area (Å²) in [4.78, 5) is 15.3. The van der Waals surface area contributed by atoms with Crippen molar-refractivity contribution in [2.45, 2.75) is 24.7 Å². The number of hydrogen-bond donors (Lipinski definition) is 1. The Morgan fingerprint density at radius 1 is 1.00 bits per heavy atom. The fourth-order valence-electron chi connectivity index (χ4n) is 4.20. The highest BCUT2D eigenvalue weighted by molar-refractivity contribution is 7.89. The molecule has 2 saturated heterocycles. The van der Waals surface area contributed by atoms with Gasteiger partial charge in [0.05, 0.1) is 24.7 Å². The van der Waals surface area contributed by atoms with Gasteiger partial charge in [-0.15, -0.1) is 0 Å². The standard InChI is InChI=1S/C24H31N3O5S/c1-2-32-22-7-9-23(10-8-22)33(29,30)27-13-11-19(12-14-27)24(28)25-20-3-5-21(6-4-20)26-15-17-31-18-16-26/h3-10,19H,2,11-18H2,1H3,(H,25,28). The number of nitrogens with zero attached hydrogens (tertiary/aromatic N) is 2. The number of sulfonamides is 1. The van der Waals surface area contributed by atoms with E-state index in [4.69, 9.17) is 9.47 Å². The maximum atomic E-state index is 13.0. The van der Waals surface area contributed by atoms with Gasteiger partial charge in [0, 0.05) is 43.5 Å². The normalized spacial score (nSPS) is 18.2. The van der Waals surface area contributed by atoms with E-state index in [0.717, 1.165) is 37.7 Å². The third-order valence-electron chi connectivity index (χ3n) is 6.11. The molecule has 0 spiro atoms. The summed E-state index contributed by atoms with van der Waals surface area (Å²) in [6.07, 6.45) is 0.988. The number of amides is 1. The molecule has 0 radical (unpaired) electrons. The molecule has 0 unspecified atom stereocenters. The molecule has 0 aliphatic carbocycles. The monoisotopic (exact) mass is 473 g/mol.